The second-order valence-electron chi connectivity index (χ2n) is 4.97. The van der Waals surface area contributed by atoms with Crippen LogP contribution in [0.3, 0.4) is 0 Å². The average Bonchev–Trinajstić information content (AvgIpc) is 2.95. The van der Waals surface area contributed by atoms with E-state index in [0.29, 0.717) is 10.5 Å². The fraction of sp³-hybridized carbons (Fsp3) is 0.615. The van der Waals surface area contributed by atoms with E-state index in [9.17, 15) is 4.79 Å². The van der Waals surface area contributed by atoms with Gasteiger partial charge in [0.05, 0.1) is 0 Å². The van der Waals surface area contributed by atoms with Gasteiger partial charge in [-0.3, -0.25) is 4.79 Å². The van der Waals surface area contributed by atoms with Crippen LogP contribution >= 0.6 is 11.8 Å². The van der Waals surface area contributed by atoms with Gasteiger partial charge in [0.1, 0.15) is 0 Å². The Morgan fingerprint density at radius 3 is 2.94 bits per heavy atom. The Morgan fingerprint density at radius 1 is 1.44 bits per heavy atom. The molecule has 1 saturated carbocycles. The summed E-state index contributed by atoms with van der Waals surface area (Å²) in [5, 5.41) is 0. The lowest BCUT2D eigenvalue weighted by Gasteiger charge is -2.18. The number of fused-ring (bicyclic) bond motifs is 1. The maximum absolute atomic E-state index is 11.7. The Bertz CT molecular complexity index is 431. The number of ketones is 1. The van der Waals surface area contributed by atoms with E-state index in [2.05, 4.69) is 17.0 Å². The van der Waals surface area contributed by atoms with Gasteiger partial charge in [-0.05, 0) is 38.0 Å². The van der Waals surface area contributed by atoms with Gasteiger partial charge in [-0.25, -0.2) is 0 Å². The van der Waals surface area contributed by atoms with Crippen molar-refractivity contribution >= 4 is 17.5 Å². The van der Waals surface area contributed by atoms with Crippen molar-refractivity contribution in [2.45, 2.75) is 43.4 Å². The second-order valence-corrected chi connectivity index (χ2v) is 6.24. The number of carbonyl (C=O) groups is 1. The van der Waals surface area contributed by atoms with Gasteiger partial charge < -0.3 is 4.57 Å². The standard InChI is InChI=1S/C13H17NOS/c1-16-13(6-7-13)9-14-8-5-10-11(14)3-2-4-12(10)15/h5,8H,2-4,6-7,9H2,1H3. The third-order valence-electron chi connectivity index (χ3n) is 3.90. The summed E-state index contributed by atoms with van der Waals surface area (Å²) in [5.41, 5.74) is 2.28. The van der Waals surface area contributed by atoms with Gasteiger partial charge in [0, 0.05) is 35.2 Å². The fourth-order valence-electron chi connectivity index (χ4n) is 2.61. The minimum absolute atomic E-state index is 0.342. The Hall–Kier alpha value is -0.700. The lowest BCUT2D eigenvalue weighted by molar-refractivity contribution is 0.0971. The molecule has 0 aromatic carbocycles. The van der Waals surface area contributed by atoms with Crippen LogP contribution in [0.2, 0.25) is 0 Å². The van der Waals surface area contributed by atoms with E-state index in [-0.39, 0.29) is 0 Å². The molecule has 0 amide bonds. The number of hydrogen-bond acceptors (Lipinski definition) is 2. The molecule has 1 aromatic heterocycles. The Kier molecular flexibility index (Phi) is 2.39. The zero-order chi connectivity index (χ0) is 11.2. The maximum atomic E-state index is 11.7. The molecule has 0 N–H and O–H groups in total. The first-order valence-corrected chi connectivity index (χ1v) is 7.23. The zero-order valence-electron chi connectivity index (χ0n) is 9.66. The summed E-state index contributed by atoms with van der Waals surface area (Å²) in [4.78, 5) is 11.7. The summed E-state index contributed by atoms with van der Waals surface area (Å²) >= 11 is 1.98. The van der Waals surface area contributed by atoms with Crippen molar-refractivity contribution in [2.24, 2.45) is 0 Å². The Morgan fingerprint density at radius 2 is 2.25 bits per heavy atom. The molecule has 1 aromatic rings. The number of carbonyl (C=O) groups excluding carboxylic acids is 1. The van der Waals surface area contributed by atoms with Gasteiger partial charge in [0.15, 0.2) is 5.78 Å². The van der Waals surface area contributed by atoms with Gasteiger partial charge in [0.2, 0.25) is 0 Å². The number of hydrogen-bond donors (Lipinski definition) is 0. The molecule has 0 saturated heterocycles. The van der Waals surface area contributed by atoms with Gasteiger partial charge in [0.25, 0.3) is 0 Å². The third-order valence-corrected chi connectivity index (χ3v) is 5.30. The highest BCUT2D eigenvalue weighted by Crippen LogP contribution is 2.48. The molecule has 16 heavy (non-hydrogen) atoms. The van der Waals surface area contributed by atoms with Crippen molar-refractivity contribution in [3.63, 3.8) is 0 Å². The van der Waals surface area contributed by atoms with Gasteiger partial charge in [-0.2, -0.15) is 11.8 Å². The quantitative estimate of drug-likeness (QED) is 0.803. The predicted octanol–water partition coefficient (Wildman–Crippen LogP) is 2.90. The SMILES string of the molecule is CSC1(Cn2ccc3c2CCCC3=O)CC1. The first kappa shape index (κ1) is 10.5. The number of thioether (sulfide) groups is 1. The van der Waals surface area contributed by atoms with E-state index in [1.807, 2.05) is 17.8 Å². The molecule has 86 valence electrons. The van der Waals surface area contributed by atoms with E-state index < -0.39 is 0 Å². The van der Waals surface area contributed by atoms with Crippen molar-refractivity contribution in [3.05, 3.63) is 23.5 Å². The van der Waals surface area contributed by atoms with E-state index in [1.54, 1.807) is 0 Å². The van der Waals surface area contributed by atoms with Crippen LogP contribution in [-0.4, -0.2) is 21.4 Å². The minimum Gasteiger partial charge on any atom is -0.349 e. The second kappa shape index (κ2) is 3.66. The summed E-state index contributed by atoms with van der Waals surface area (Å²) in [5.74, 6) is 0.342. The molecule has 3 heteroatoms. The fourth-order valence-corrected chi connectivity index (χ4v) is 3.39. The highest BCUT2D eigenvalue weighted by molar-refractivity contribution is 8.00. The number of nitrogens with zero attached hydrogens (tertiary/aromatic N) is 1. The number of aromatic nitrogens is 1. The summed E-state index contributed by atoms with van der Waals surface area (Å²) in [6.07, 6.45) is 9.83. The molecule has 0 aliphatic heterocycles. The van der Waals surface area contributed by atoms with Crippen molar-refractivity contribution in [1.82, 2.24) is 4.57 Å². The number of rotatable bonds is 3. The van der Waals surface area contributed by atoms with E-state index in [0.717, 1.165) is 31.4 Å². The molecule has 0 unspecified atom stereocenters. The summed E-state index contributed by atoms with van der Waals surface area (Å²) < 4.78 is 2.81. The maximum Gasteiger partial charge on any atom is 0.164 e. The normalized spacial score (nSPS) is 21.9. The molecule has 0 spiro atoms. The van der Waals surface area contributed by atoms with Crippen molar-refractivity contribution in [3.8, 4) is 0 Å². The molecule has 0 bridgehead atoms. The zero-order valence-corrected chi connectivity index (χ0v) is 10.5. The van der Waals surface area contributed by atoms with Crippen LogP contribution in [0.1, 0.15) is 41.7 Å². The summed E-state index contributed by atoms with van der Waals surface area (Å²) in [6.45, 7) is 1.09. The molecule has 2 aliphatic carbocycles. The molecule has 0 atom stereocenters. The van der Waals surface area contributed by atoms with E-state index in [4.69, 9.17) is 0 Å². The molecule has 0 radical (unpaired) electrons. The third kappa shape index (κ3) is 1.61. The van der Waals surface area contributed by atoms with Crippen molar-refractivity contribution < 1.29 is 4.79 Å². The summed E-state index contributed by atoms with van der Waals surface area (Å²) in [6, 6.07) is 2.02. The lowest BCUT2D eigenvalue weighted by atomic mass is 9.97. The van der Waals surface area contributed by atoms with Gasteiger partial charge >= 0.3 is 0 Å². The van der Waals surface area contributed by atoms with Crippen LogP contribution < -0.4 is 0 Å². The minimum atomic E-state index is 0.342. The largest absolute Gasteiger partial charge is 0.349 e. The molecule has 3 rings (SSSR count). The smallest absolute Gasteiger partial charge is 0.164 e. The summed E-state index contributed by atoms with van der Waals surface area (Å²) in [7, 11) is 0. The van der Waals surface area contributed by atoms with Crippen LogP contribution in [0.5, 0.6) is 0 Å². The van der Waals surface area contributed by atoms with E-state index >= 15 is 0 Å². The Labute approximate surface area is 100 Å². The lowest BCUT2D eigenvalue weighted by Crippen LogP contribution is -2.18. The van der Waals surface area contributed by atoms with Crippen molar-refractivity contribution in [1.29, 1.82) is 0 Å². The molecule has 1 fully saturated rings. The van der Waals surface area contributed by atoms with Crippen LogP contribution in [0.4, 0.5) is 0 Å². The monoisotopic (exact) mass is 235 g/mol. The highest BCUT2D eigenvalue weighted by atomic mass is 32.2. The number of Topliss-reactive ketones (excluding diaryl/α,β-unsaturated/α-hetero) is 1. The molecule has 1 heterocycles. The van der Waals surface area contributed by atoms with Crippen LogP contribution in [0.15, 0.2) is 12.3 Å². The molecular formula is C13H17NOS. The van der Waals surface area contributed by atoms with Crippen LogP contribution in [-0.2, 0) is 13.0 Å². The molecule has 2 aliphatic rings. The first-order chi connectivity index (χ1) is 7.74. The molecular weight excluding hydrogens is 218 g/mol. The van der Waals surface area contributed by atoms with E-state index in [1.165, 1.54) is 18.5 Å². The van der Waals surface area contributed by atoms with Crippen LogP contribution in [0, 0.1) is 0 Å². The van der Waals surface area contributed by atoms with Crippen molar-refractivity contribution in [2.75, 3.05) is 6.26 Å². The predicted molar refractivity (Wildman–Crippen MR) is 67.2 cm³/mol. The topological polar surface area (TPSA) is 22.0 Å². The van der Waals surface area contributed by atoms with Gasteiger partial charge in [-0.1, -0.05) is 0 Å². The molecule has 2 nitrogen and oxygen atoms in total. The average molecular weight is 235 g/mol. The Balaban J connectivity index is 1.88. The first-order valence-electron chi connectivity index (χ1n) is 6.00. The highest BCUT2D eigenvalue weighted by Gasteiger charge is 2.42. The van der Waals surface area contributed by atoms with Gasteiger partial charge in [-0.15, -0.1) is 0 Å². The van der Waals surface area contributed by atoms with Crippen LogP contribution in [0.25, 0.3) is 0 Å².